The number of nitrogens with one attached hydrogen (secondary N) is 2. The molecule has 5 heterocycles. The molecule has 90 heavy (non-hydrogen) atoms. The van der Waals surface area contributed by atoms with Gasteiger partial charge in [0, 0.05) is 82.2 Å². The second-order valence-electron chi connectivity index (χ2n) is 23.4. The number of primary amides is 1. The number of hydrogen-bond donors (Lipinski definition) is 5. The fourth-order valence-corrected chi connectivity index (χ4v) is 12.1. The number of aliphatic imine (C=N–C) groups is 1. The van der Waals surface area contributed by atoms with Crippen molar-refractivity contribution in [2.45, 2.75) is 128 Å². The van der Waals surface area contributed by atoms with Gasteiger partial charge >= 0.3 is 12.1 Å². The van der Waals surface area contributed by atoms with E-state index in [-0.39, 0.29) is 129 Å². The second kappa shape index (κ2) is 30.3. The molecule has 2 fully saturated rings. The van der Waals surface area contributed by atoms with E-state index in [1.807, 2.05) is 13.8 Å². The zero-order valence-corrected chi connectivity index (χ0v) is 52.4. The van der Waals surface area contributed by atoms with E-state index in [0.29, 0.717) is 109 Å². The van der Waals surface area contributed by atoms with Crippen LogP contribution in [0.1, 0.15) is 123 Å². The van der Waals surface area contributed by atoms with Crippen LogP contribution >= 0.6 is 11.8 Å². The lowest BCUT2D eigenvalue weighted by Crippen LogP contribution is -2.60. The van der Waals surface area contributed by atoms with Crippen molar-refractivity contribution in [2.75, 3.05) is 64.8 Å². The SMILES string of the molecule is C=C1C[C@H]2C=Nc3cc(OCCCCCOc4cc5c(cc4OC)C(=O)N4CC(=C)C[C@@]4(O)[C@H](O)N5C(=O)OCc4ccc(CC(=O)[C@H](CCCNC(N)=O)NC(=O)[C@@H](CC(=O)CCCCCN5C(=O)C=C(SC)C5=O)C(C)C)cc4)c(OC)cc3C(=O)N2C1. The third kappa shape index (κ3) is 15.9. The zero-order chi connectivity index (χ0) is 65.0. The molecule has 24 nitrogen and oxygen atoms in total. The van der Waals surface area contributed by atoms with Crippen LogP contribution < -0.4 is 40.2 Å². The molecule has 0 spiro atoms. The highest BCUT2D eigenvalue weighted by molar-refractivity contribution is 8.03. The number of aliphatic hydroxyl groups excluding tert-OH is 1. The number of ether oxygens (including phenoxy) is 5. The Kier molecular flexibility index (Phi) is 22.7. The van der Waals surface area contributed by atoms with Gasteiger partial charge < -0.3 is 60.1 Å². The maximum atomic E-state index is 14.4. The molecule has 5 aliphatic heterocycles. The van der Waals surface area contributed by atoms with Crippen LogP contribution in [0.25, 0.3) is 0 Å². The van der Waals surface area contributed by atoms with Gasteiger partial charge in [-0.1, -0.05) is 68.8 Å². The van der Waals surface area contributed by atoms with E-state index in [0.717, 1.165) is 15.4 Å². The molecule has 0 radical (unpaired) electrons. The van der Waals surface area contributed by atoms with Crippen LogP contribution in [-0.4, -0.2) is 168 Å². The standard InChI is InChI=1S/C65H80N8O16S/c1-38(2)45(27-44(74)15-10-8-11-22-70-57(76)32-56(90-7)61(70)80)58(77)69-48(16-14-21-67-63(66)82)51(75)26-41-17-19-42(20-18-41)37-89-64(83)73-50-31-55(53(86-6)29-47(50)60(79)72-36-40(4)33-65(72,84)62(73)81)88-24-13-9-12-23-87-54-30-49-46(28-52(54)85-5)59(78)71-35-39(3)25-43(71)34-68-49/h17-20,28-32,34,38,43,45,48,62,81,84H,3-4,8-16,21-27,33,35-37H2,1-2,5-7H3,(H,69,77)(H3,66,67,82)/t43-,45-,48-,62-,65+/m0/s1. The Morgan fingerprint density at radius 3 is 2.14 bits per heavy atom. The van der Waals surface area contributed by atoms with Crippen molar-refractivity contribution >= 4 is 82.6 Å². The van der Waals surface area contributed by atoms with Crippen molar-refractivity contribution in [3.63, 3.8) is 0 Å². The molecule has 0 unspecified atom stereocenters. The van der Waals surface area contributed by atoms with Crippen LogP contribution in [0.2, 0.25) is 0 Å². The molecule has 5 aliphatic rings. The van der Waals surface area contributed by atoms with E-state index in [2.05, 4.69) is 28.8 Å². The summed E-state index contributed by atoms with van der Waals surface area (Å²) in [6.45, 7) is 12.5. The molecule has 2 saturated heterocycles. The maximum absolute atomic E-state index is 14.4. The number of urea groups is 1. The number of thioether (sulfide) groups is 1. The van der Waals surface area contributed by atoms with Crippen molar-refractivity contribution in [3.05, 3.63) is 106 Å². The number of nitrogens with two attached hydrogens (primary N) is 1. The summed E-state index contributed by atoms with van der Waals surface area (Å²) < 4.78 is 29.4. The molecular formula is C65H80N8O16S. The molecule has 0 saturated carbocycles. The third-order valence-electron chi connectivity index (χ3n) is 16.5. The maximum Gasteiger partial charge on any atom is 0.416 e. The van der Waals surface area contributed by atoms with Gasteiger partial charge in [-0.25, -0.2) is 14.5 Å². The van der Waals surface area contributed by atoms with Crippen LogP contribution in [-0.2, 0) is 41.7 Å². The number of amides is 8. The minimum absolute atomic E-state index is 0.0559. The Hall–Kier alpha value is -8.55. The molecular weight excluding hydrogens is 1180 g/mol. The predicted molar refractivity (Wildman–Crippen MR) is 335 cm³/mol. The molecule has 5 atom stereocenters. The van der Waals surface area contributed by atoms with Gasteiger partial charge in [-0.15, -0.1) is 11.8 Å². The molecule has 0 bridgehead atoms. The first-order chi connectivity index (χ1) is 43.0. The largest absolute Gasteiger partial charge is 0.493 e. The summed E-state index contributed by atoms with van der Waals surface area (Å²) in [6.07, 6.45) is 5.95. The van der Waals surface area contributed by atoms with Gasteiger partial charge in [0.05, 0.1) is 66.9 Å². The highest BCUT2D eigenvalue weighted by atomic mass is 32.2. The lowest BCUT2D eigenvalue weighted by atomic mass is 9.88. The molecule has 8 amide bonds. The number of benzene rings is 3. The highest BCUT2D eigenvalue weighted by Crippen LogP contribution is 2.46. The van der Waals surface area contributed by atoms with Gasteiger partial charge in [0.1, 0.15) is 12.4 Å². The second-order valence-corrected chi connectivity index (χ2v) is 24.2. The molecule has 482 valence electrons. The number of carbonyl (C=O) groups is 9. The monoisotopic (exact) mass is 1260 g/mol. The first kappa shape index (κ1) is 67.4. The number of aliphatic hydroxyl groups is 2. The molecule has 3 aromatic carbocycles. The topological polar surface area (TPSA) is 316 Å². The molecule has 3 aromatic rings. The molecule has 8 rings (SSSR count). The normalized spacial score (nSPS) is 19.1. The summed E-state index contributed by atoms with van der Waals surface area (Å²) in [5, 5.41) is 29.4. The summed E-state index contributed by atoms with van der Waals surface area (Å²) in [7, 11) is 2.89. The fourth-order valence-electron chi connectivity index (χ4n) is 11.6. The average molecular weight is 1260 g/mol. The van der Waals surface area contributed by atoms with Crippen LogP contribution in [0.5, 0.6) is 23.0 Å². The summed E-state index contributed by atoms with van der Waals surface area (Å²) in [5.74, 6) is -2.36. The fraction of sp³-hybridized carbons (Fsp3) is 0.477. The van der Waals surface area contributed by atoms with E-state index in [1.54, 1.807) is 53.8 Å². The number of fused-ring (bicyclic) bond motifs is 4. The number of Topliss-reactive ketones (excluding diaryl/α,β-unsaturated/α-hetero) is 2. The number of carbonyl (C=O) groups excluding carboxylic acids is 9. The molecule has 25 heteroatoms. The number of hydrogen-bond acceptors (Lipinski definition) is 18. The number of imide groups is 1. The Balaban J connectivity index is 0.870. The van der Waals surface area contributed by atoms with Gasteiger partial charge in [-0.2, -0.15) is 0 Å². The third-order valence-corrected chi connectivity index (χ3v) is 17.3. The number of ketones is 2. The van der Waals surface area contributed by atoms with Crippen molar-refractivity contribution in [3.8, 4) is 23.0 Å². The quantitative estimate of drug-likeness (QED) is 0.0250. The highest BCUT2D eigenvalue weighted by Gasteiger charge is 2.56. The summed E-state index contributed by atoms with van der Waals surface area (Å²) in [4.78, 5) is 129. The van der Waals surface area contributed by atoms with E-state index in [9.17, 15) is 53.4 Å². The van der Waals surface area contributed by atoms with E-state index < -0.39 is 47.9 Å². The molecule has 0 aliphatic carbocycles. The minimum atomic E-state index is -2.29. The van der Waals surface area contributed by atoms with Crippen LogP contribution in [0.3, 0.4) is 0 Å². The van der Waals surface area contributed by atoms with Gasteiger partial charge in [-0.05, 0) is 86.8 Å². The first-order valence-electron chi connectivity index (χ1n) is 30.2. The Morgan fingerprint density at radius 2 is 1.49 bits per heavy atom. The summed E-state index contributed by atoms with van der Waals surface area (Å²) in [5.41, 5.74) is 6.11. The lowest BCUT2D eigenvalue weighted by molar-refractivity contribution is -0.138. The number of rotatable bonds is 31. The predicted octanol–water partition coefficient (Wildman–Crippen LogP) is 6.84. The van der Waals surface area contributed by atoms with Crippen molar-refractivity contribution < 1.29 is 77.0 Å². The Morgan fingerprint density at radius 1 is 0.822 bits per heavy atom. The Bertz CT molecular complexity index is 3350. The van der Waals surface area contributed by atoms with E-state index >= 15 is 0 Å². The van der Waals surface area contributed by atoms with Crippen LogP contribution in [0, 0.1) is 11.8 Å². The lowest BCUT2D eigenvalue weighted by Gasteiger charge is -2.38. The van der Waals surface area contributed by atoms with Gasteiger partial charge in [0.25, 0.3) is 23.6 Å². The van der Waals surface area contributed by atoms with Crippen LogP contribution in [0.4, 0.5) is 21.0 Å². The number of unbranched alkanes of at least 4 members (excludes halogenated alkanes) is 4. The summed E-state index contributed by atoms with van der Waals surface area (Å²) in [6, 6.07) is 10.8. The van der Waals surface area contributed by atoms with Crippen LogP contribution in [0.15, 0.2) is 88.8 Å². The van der Waals surface area contributed by atoms with Crippen molar-refractivity contribution in [1.29, 1.82) is 0 Å². The number of methoxy groups -OCH3 is 2. The molecule has 0 aromatic heterocycles. The summed E-state index contributed by atoms with van der Waals surface area (Å²) >= 11 is 1.22. The number of nitrogens with zero attached hydrogens (tertiary/aromatic N) is 5. The van der Waals surface area contributed by atoms with Crippen molar-refractivity contribution in [2.24, 2.45) is 22.6 Å². The van der Waals surface area contributed by atoms with E-state index in [4.69, 9.17) is 29.4 Å². The van der Waals surface area contributed by atoms with Crippen molar-refractivity contribution in [1.82, 2.24) is 25.3 Å². The zero-order valence-electron chi connectivity index (χ0n) is 51.5. The van der Waals surface area contributed by atoms with Gasteiger partial charge in [0.15, 0.2) is 40.7 Å². The Labute approximate surface area is 527 Å². The average Bonchev–Trinajstić information content (AvgIpc) is 1.58. The first-order valence-corrected chi connectivity index (χ1v) is 31.4. The van der Waals surface area contributed by atoms with Gasteiger partial charge in [0.2, 0.25) is 5.91 Å². The minimum Gasteiger partial charge on any atom is -0.493 e. The smallest absolute Gasteiger partial charge is 0.416 e. The number of anilines is 1. The van der Waals surface area contributed by atoms with E-state index in [1.165, 1.54) is 49.1 Å². The van der Waals surface area contributed by atoms with Gasteiger partial charge in [-0.3, -0.25) is 43.5 Å². The molecule has 6 N–H and O–H groups in total.